The lowest BCUT2D eigenvalue weighted by Crippen LogP contribution is -2.30. The first kappa shape index (κ1) is 21.1. The minimum atomic E-state index is -1.07. The molecule has 0 fully saturated rings. The van der Waals surface area contributed by atoms with Crippen molar-refractivity contribution >= 4 is 23.5 Å². The third-order valence-corrected chi connectivity index (χ3v) is 3.99. The third kappa shape index (κ3) is 6.19. The summed E-state index contributed by atoms with van der Waals surface area (Å²) >= 11 is 0. The third-order valence-electron chi connectivity index (χ3n) is 3.99. The number of benzene rings is 2. The van der Waals surface area contributed by atoms with Crippen LogP contribution < -0.4 is 10.6 Å². The second kappa shape index (κ2) is 9.64. The van der Waals surface area contributed by atoms with E-state index in [9.17, 15) is 18.8 Å². The van der Waals surface area contributed by atoms with Crippen molar-refractivity contribution in [2.24, 2.45) is 5.92 Å². The maximum atomic E-state index is 14.3. The normalized spacial score (nSPS) is 11.7. The van der Waals surface area contributed by atoms with Gasteiger partial charge in [-0.3, -0.25) is 14.4 Å². The van der Waals surface area contributed by atoms with Crippen LogP contribution in [-0.4, -0.2) is 22.9 Å². The predicted molar refractivity (Wildman–Crippen MR) is 103 cm³/mol. The van der Waals surface area contributed by atoms with Crippen molar-refractivity contribution in [3.05, 3.63) is 65.5 Å². The summed E-state index contributed by atoms with van der Waals surface area (Å²) < 4.78 is 14.3. The van der Waals surface area contributed by atoms with E-state index in [4.69, 9.17) is 5.11 Å². The van der Waals surface area contributed by atoms with Gasteiger partial charge < -0.3 is 15.7 Å². The highest BCUT2D eigenvalue weighted by atomic mass is 19.1. The molecule has 0 radical (unpaired) electrons. The fourth-order valence-electron chi connectivity index (χ4n) is 2.68. The van der Waals surface area contributed by atoms with Gasteiger partial charge in [0.1, 0.15) is 5.82 Å². The number of carbonyl (C=O) groups excluding carboxylic acids is 2. The molecule has 2 amide bonds. The van der Waals surface area contributed by atoms with Gasteiger partial charge in [-0.1, -0.05) is 44.2 Å². The summed E-state index contributed by atoms with van der Waals surface area (Å²) in [4.78, 5) is 35.4. The molecule has 28 heavy (non-hydrogen) atoms. The zero-order valence-electron chi connectivity index (χ0n) is 15.7. The zero-order valence-corrected chi connectivity index (χ0v) is 15.7. The van der Waals surface area contributed by atoms with E-state index >= 15 is 0 Å². The van der Waals surface area contributed by atoms with Crippen LogP contribution in [0.5, 0.6) is 0 Å². The number of amides is 2. The molecule has 0 aliphatic rings. The van der Waals surface area contributed by atoms with Gasteiger partial charge in [0.05, 0.1) is 18.2 Å². The van der Waals surface area contributed by atoms with Crippen LogP contribution in [0.15, 0.2) is 48.5 Å². The fourth-order valence-corrected chi connectivity index (χ4v) is 2.68. The molecule has 7 heteroatoms. The Hall–Kier alpha value is -3.22. The summed E-state index contributed by atoms with van der Waals surface area (Å²) in [5.41, 5.74) is 0.661. The first-order chi connectivity index (χ1) is 13.3. The molecule has 2 aromatic carbocycles. The smallest absolute Gasteiger partial charge is 0.305 e. The zero-order chi connectivity index (χ0) is 20.7. The lowest BCUT2D eigenvalue weighted by molar-refractivity contribution is -0.137. The second-order valence-corrected chi connectivity index (χ2v) is 6.88. The standard InChI is InChI=1S/C21H23FN2O4/c1-13(2)10-19(25)23-17-9-8-15(11-16(17)22)21(28)24-18(12-20(26)27)14-6-4-3-5-7-14/h3-9,11,13,18H,10,12H2,1-2H3,(H,23,25)(H,24,28)(H,26,27). The Kier molecular flexibility index (Phi) is 7.26. The van der Waals surface area contributed by atoms with Crippen LogP contribution in [0, 0.1) is 11.7 Å². The lowest BCUT2D eigenvalue weighted by atomic mass is 10.0. The van der Waals surface area contributed by atoms with Crippen LogP contribution in [-0.2, 0) is 9.59 Å². The van der Waals surface area contributed by atoms with Crippen LogP contribution in [0.3, 0.4) is 0 Å². The number of nitrogens with one attached hydrogen (secondary N) is 2. The Labute approximate surface area is 162 Å². The molecule has 0 saturated heterocycles. The van der Waals surface area contributed by atoms with Crippen molar-refractivity contribution in [2.45, 2.75) is 32.7 Å². The maximum Gasteiger partial charge on any atom is 0.305 e. The molecule has 0 heterocycles. The van der Waals surface area contributed by atoms with Crippen molar-refractivity contribution in [3.8, 4) is 0 Å². The minimum Gasteiger partial charge on any atom is -0.481 e. The number of carboxylic acids is 1. The van der Waals surface area contributed by atoms with Crippen molar-refractivity contribution in [3.63, 3.8) is 0 Å². The van der Waals surface area contributed by atoms with Crippen molar-refractivity contribution in [1.82, 2.24) is 5.32 Å². The van der Waals surface area contributed by atoms with Crippen LogP contribution in [0.4, 0.5) is 10.1 Å². The molecule has 0 aromatic heterocycles. The first-order valence-corrected chi connectivity index (χ1v) is 8.93. The van der Waals surface area contributed by atoms with Crippen LogP contribution >= 0.6 is 0 Å². The number of carbonyl (C=O) groups is 3. The molecule has 0 aliphatic carbocycles. The van der Waals surface area contributed by atoms with Gasteiger partial charge in [0.2, 0.25) is 5.91 Å². The number of rotatable bonds is 8. The molecular formula is C21H23FN2O4. The van der Waals surface area contributed by atoms with Gasteiger partial charge >= 0.3 is 5.97 Å². The molecule has 148 valence electrons. The van der Waals surface area contributed by atoms with E-state index in [2.05, 4.69) is 10.6 Å². The first-order valence-electron chi connectivity index (χ1n) is 8.93. The minimum absolute atomic E-state index is 0.00709. The molecule has 0 bridgehead atoms. The number of aliphatic carboxylic acids is 1. The van der Waals surface area contributed by atoms with Gasteiger partial charge in [0.15, 0.2) is 0 Å². The van der Waals surface area contributed by atoms with Gasteiger partial charge in [-0.05, 0) is 29.7 Å². The molecular weight excluding hydrogens is 363 g/mol. The molecule has 2 rings (SSSR count). The molecule has 0 saturated carbocycles. The highest BCUT2D eigenvalue weighted by Gasteiger charge is 2.20. The van der Waals surface area contributed by atoms with E-state index in [-0.39, 0.29) is 35.9 Å². The van der Waals surface area contributed by atoms with Gasteiger partial charge in [0.25, 0.3) is 5.91 Å². The molecule has 1 atom stereocenters. The molecule has 6 nitrogen and oxygen atoms in total. The van der Waals surface area contributed by atoms with Crippen molar-refractivity contribution in [2.75, 3.05) is 5.32 Å². The van der Waals surface area contributed by atoms with Crippen LogP contribution in [0.2, 0.25) is 0 Å². The summed E-state index contributed by atoms with van der Waals surface area (Å²) in [7, 11) is 0. The fraction of sp³-hybridized carbons (Fsp3) is 0.286. The number of carboxylic acid groups (broad SMARTS) is 1. The predicted octanol–water partition coefficient (Wildman–Crippen LogP) is 3.76. The lowest BCUT2D eigenvalue weighted by Gasteiger charge is -2.18. The highest BCUT2D eigenvalue weighted by molar-refractivity contribution is 5.96. The van der Waals surface area contributed by atoms with E-state index in [1.807, 2.05) is 13.8 Å². The van der Waals surface area contributed by atoms with E-state index in [0.717, 1.165) is 6.07 Å². The van der Waals surface area contributed by atoms with Gasteiger partial charge in [-0.2, -0.15) is 0 Å². The van der Waals surface area contributed by atoms with Crippen LogP contribution in [0.25, 0.3) is 0 Å². The number of halogens is 1. The molecule has 2 aromatic rings. The monoisotopic (exact) mass is 386 g/mol. The summed E-state index contributed by atoms with van der Waals surface area (Å²) in [5, 5.41) is 14.2. The Morgan fingerprint density at radius 3 is 2.29 bits per heavy atom. The number of hydrogen-bond donors (Lipinski definition) is 3. The molecule has 0 spiro atoms. The van der Waals surface area contributed by atoms with Gasteiger partial charge in [0, 0.05) is 12.0 Å². The second-order valence-electron chi connectivity index (χ2n) is 6.88. The van der Waals surface area contributed by atoms with Crippen LogP contribution in [0.1, 0.15) is 48.7 Å². The van der Waals surface area contributed by atoms with E-state index < -0.39 is 23.7 Å². The molecule has 3 N–H and O–H groups in total. The van der Waals surface area contributed by atoms with E-state index in [0.29, 0.717) is 5.56 Å². The SMILES string of the molecule is CC(C)CC(=O)Nc1ccc(C(=O)NC(CC(=O)O)c2ccccc2)cc1F. The molecule has 0 aliphatic heterocycles. The molecule has 1 unspecified atom stereocenters. The van der Waals surface area contributed by atoms with Gasteiger partial charge in [-0.25, -0.2) is 4.39 Å². The van der Waals surface area contributed by atoms with Gasteiger partial charge in [-0.15, -0.1) is 0 Å². The average Bonchev–Trinajstić information content (AvgIpc) is 2.62. The summed E-state index contributed by atoms with van der Waals surface area (Å²) in [6, 6.07) is 11.6. The highest BCUT2D eigenvalue weighted by Crippen LogP contribution is 2.20. The number of hydrogen-bond acceptors (Lipinski definition) is 3. The Morgan fingerprint density at radius 2 is 1.71 bits per heavy atom. The Bertz CT molecular complexity index is 853. The summed E-state index contributed by atoms with van der Waals surface area (Å²) in [6.07, 6.45) is -0.0444. The van der Waals surface area contributed by atoms with E-state index in [1.54, 1.807) is 30.3 Å². The topological polar surface area (TPSA) is 95.5 Å². The quantitative estimate of drug-likeness (QED) is 0.644. The average molecular weight is 386 g/mol. The maximum absolute atomic E-state index is 14.3. The largest absolute Gasteiger partial charge is 0.481 e. The number of anilines is 1. The summed E-state index contributed by atoms with van der Waals surface area (Å²) in [5.74, 6) is -2.58. The van der Waals surface area contributed by atoms with E-state index in [1.165, 1.54) is 12.1 Å². The Balaban J connectivity index is 2.13. The van der Waals surface area contributed by atoms with Crippen molar-refractivity contribution in [1.29, 1.82) is 0 Å². The van der Waals surface area contributed by atoms with Crippen molar-refractivity contribution < 1.29 is 23.9 Å². The summed E-state index contributed by atoms with van der Waals surface area (Å²) in [6.45, 7) is 3.76. The Morgan fingerprint density at radius 1 is 1.04 bits per heavy atom.